The Morgan fingerprint density at radius 1 is 0.422 bits per heavy atom. The molecule has 25 heteroatoms. The second-order valence-corrected chi connectivity index (χ2v) is 28.6. The van der Waals surface area contributed by atoms with Crippen LogP contribution in [-0.2, 0) is 97.4 Å². The third kappa shape index (κ3) is 29.0. The number of aromatic hydroxyl groups is 2. The van der Waals surface area contributed by atoms with E-state index in [-0.39, 0.29) is 105 Å². The molecule has 10 atom stereocenters. The van der Waals surface area contributed by atoms with Crippen LogP contribution in [0.5, 0.6) is 11.5 Å². The zero-order chi connectivity index (χ0) is 76.4. The maximum Gasteiger partial charge on any atom is 0.329 e. The third-order valence-electron chi connectivity index (χ3n) is 16.8. The van der Waals surface area contributed by atoms with Gasteiger partial charge in [-0.1, -0.05) is 104 Å². The van der Waals surface area contributed by atoms with Crippen LogP contribution in [0, 0.1) is 23.7 Å². The average molecular weight is 1420 g/mol. The predicted octanol–water partition coefficient (Wildman–Crippen LogP) is 7.99. The molecule has 0 spiro atoms. The molecule has 1 aliphatic heterocycles. The lowest BCUT2D eigenvalue weighted by atomic mass is 10.00. The zero-order valence-electron chi connectivity index (χ0n) is 62.7. The van der Waals surface area contributed by atoms with Crippen molar-refractivity contribution in [3.05, 3.63) is 119 Å². The van der Waals surface area contributed by atoms with Gasteiger partial charge in [0.15, 0.2) is 12.2 Å². The quantitative estimate of drug-likeness (QED) is 0.0321. The van der Waals surface area contributed by atoms with E-state index < -0.39 is 120 Å². The number of likely N-dealkylation sites (N-methyl/N-ethyl adjacent to an activating group) is 4. The fourth-order valence-corrected chi connectivity index (χ4v) is 11.8. The second kappa shape index (κ2) is 41.0. The Labute approximate surface area is 601 Å². The van der Waals surface area contributed by atoms with Gasteiger partial charge >= 0.3 is 23.9 Å². The molecule has 0 bridgehead atoms. The number of phenols is 2. The van der Waals surface area contributed by atoms with Crippen molar-refractivity contribution in [3.8, 4) is 11.5 Å². The maximum absolute atomic E-state index is 15.2. The molecule has 0 aliphatic carbocycles. The van der Waals surface area contributed by atoms with Crippen molar-refractivity contribution in [2.75, 3.05) is 51.9 Å². The number of hydrogen-bond donors (Lipinski definition) is 6. The number of carbonyl (C=O) groups is 11. The molecule has 1 fully saturated rings. The molecule has 560 valence electrons. The van der Waals surface area contributed by atoms with Crippen molar-refractivity contribution < 1.29 is 81.9 Å². The van der Waals surface area contributed by atoms with Gasteiger partial charge in [0.2, 0.25) is 23.6 Å². The Kier molecular flexibility index (Phi) is 34.3. The van der Waals surface area contributed by atoms with E-state index in [2.05, 4.69) is 21.3 Å². The molecule has 10 unspecified atom stereocenters. The Balaban J connectivity index is 0.00000536. The van der Waals surface area contributed by atoms with Gasteiger partial charge in [-0.3, -0.25) is 48.2 Å². The monoisotopic (exact) mass is 1420 g/mol. The fraction of sp³-hybridized carbons (Fsp3) is 0.545. The van der Waals surface area contributed by atoms with E-state index in [9.17, 15) is 53.4 Å². The number of benzene rings is 4. The SMILES string of the molecule is CC(=O)NC(Cc1ccc(O)cc1)C(=O)Nc1ccc(CC2OC(=O)C(CC(C)C)N(C)CC(C)OC(=O)C(CC(C)C)N(C)C(=O)C(Cc3ccc(NC(=O)C(Cc4ccc(O)cc4)NC(C)=O)cc3)OC(=O)C(CC(C)C)N(C)CC(C)OC(=O)C(CC(C)C)N(C)C2=O)cc1.CC(C)=O. The number of carbonyl (C=O) groups excluding carboxylic acids is 11. The molecule has 6 N–H and O–H groups in total. The van der Waals surface area contributed by atoms with Crippen molar-refractivity contribution in [1.29, 1.82) is 0 Å². The molecule has 5 rings (SSSR count). The summed E-state index contributed by atoms with van der Waals surface area (Å²) >= 11 is 0. The molecule has 1 saturated heterocycles. The molecule has 4 aromatic rings. The third-order valence-corrected chi connectivity index (χ3v) is 16.8. The largest absolute Gasteiger partial charge is 0.508 e. The topological polar surface area (TPSA) is 326 Å². The van der Waals surface area contributed by atoms with Crippen molar-refractivity contribution in [3.63, 3.8) is 0 Å². The fourth-order valence-electron chi connectivity index (χ4n) is 11.8. The summed E-state index contributed by atoms with van der Waals surface area (Å²) in [6.07, 6.45) is -4.14. The highest BCUT2D eigenvalue weighted by atomic mass is 16.6. The number of Topliss-reactive ketones (excluding diaryl/α,β-unsaturated/α-hetero) is 1. The first-order chi connectivity index (χ1) is 47.8. The van der Waals surface area contributed by atoms with Gasteiger partial charge in [-0.15, -0.1) is 0 Å². The van der Waals surface area contributed by atoms with Crippen LogP contribution < -0.4 is 21.3 Å². The van der Waals surface area contributed by atoms with Gasteiger partial charge in [-0.25, -0.2) is 9.59 Å². The first-order valence-electron chi connectivity index (χ1n) is 34.9. The minimum absolute atomic E-state index is 0.0119. The number of ether oxygens (including phenoxy) is 4. The number of ketones is 1. The summed E-state index contributed by atoms with van der Waals surface area (Å²) in [7, 11) is 6.24. The van der Waals surface area contributed by atoms with Crippen LogP contribution in [0.1, 0.15) is 145 Å². The molecular weight excluding hydrogens is 1310 g/mol. The van der Waals surface area contributed by atoms with Crippen LogP contribution in [0.25, 0.3) is 0 Å². The van der Waals surface area contributed by atoms with Crippen LogP contribution in [0.2, 0.25) is 0 Å². The van der Waals surface area contributed by atoms with Gasteiger partial charge in [0.25, 0.3) is 11.8 Å². The average Bonchev–Trinajstić information content (AvgIpc) is 0.829. The standard InChI is InChI=1S/C74H104N8O16.C3H6O/c1-43(2)33-61-71(91)97-65(39-53-17-25-55(26-18-53)77-67(87)59(75-49(11)83)37-51-21-29-57(85)30-22-51)69(89)81(15)64(36-46(7)8)74(94)96-48(10)42-80(14)62(34-44(3)4)72(92)98-66(70(90)82(16)63(35-45(5)6)73(93)95-47(9)41-79(61)13)40-54-19-27-56(28-20-54)78-68(88)60(76-50(12)84)38-52-23-31-58(86)32-24-52;1-3(2)4/h17-32,43-48,59-66,85-86H,33-42H2,1-16H3,(H,75,83)(H,76,84)(H,77,87)(H,78,88);1-2H3. The normalized spacial score (nSPS) is 21.2. The van der Waals surface area contributed by atoms with E-state index >= 15 is 9.59 Å². The molecule has 4 aromatic carbocycles. The highest BCUT2D eigenvalue weighted by Gasteiger charge is 2.41. The number of anilines is 2. The second-order valence-electron chi connectivity index (χ2n) is 28.6. The molecule has 25 nitrogen and oxygen atoms in total. The number of phenolic OH excluding ortho intramolecular Hbond substituents is 2. The van der Waals surface area contributed by atoms with Gasteiger partial charge < -0.3 is 65.0 Å². The first kappa shape index (κ1) is 85.2. The van der Waals surface area contributed by atoms with Crippen LogP contribution in [-0.4, -0.2) is 197 Å². The van der Waals surface area contributed by atoms with Gasteiger partial charge in [0.05, 0.1) is 0 Å². The van der Waals surface area contributed by atoms with Crippen molar-refractivity contribution >= 4 is 76.5 Å². The summed E-state index contributed by atoms with van der Waals surface area (Å²) < 4.78 is 25.0. The van der Waals surface area contributed by atoms with Crippen LogP contribution >= 0.6 is 0 Å². The minimum atomic E-state index is -1.51. The minimum Gasteiger partial charge on any atom is -0.508 e. The Morgan fingerprint density at radius 3 is 0.961 bits per heavy atom. The highest BCUT2D eigenvalue weighted by molar-refractivity contribution is 5.98. The van der Waals surface area contributed by atoms with Crippen molar-refractivity contribution in [2.45, 2.75) is 209 Å². The van der Waals surface area contributed by atoms with Gasteiger partial charge in [0, 0.05) is 78.1 Å². The summed E-state index contributed by atoms with van der Waals surface area (Å²) in [6, 6.07) is 19.2. The summed E-state index contributed by atoms with van der Waals surface area (Å²) in [6.45, 7) is 24.1. The summed E-state index contributed by atoms with van der Waals surface area (Å²) in [5.74, 6) is -6.56. The predicted molar refractivity (Wildman–Crippen MR) is 387 cm³/mol. The van der Waals surface area contributed by atoms with Crippen LogP contribution in [0.15, 0.2) is 97.1 Å². The Morgan fingerprint density at radius 2 is 0.686 bits per heavy atom. The summed E-state index contributed by atoms with van der Waals surface area (Å²) in [5.41, 5.74) is 3.13. The van der Waals surface area contributed by atoms with E-state index in [1.165, 1.54) is 75.9 Å². The van der Waals surface area contributed by atoms with Gasteiger partial charge in [-0.2, -0.15) is 0 Å². The molecular formula is C77H110N8O17. The molecule has 102 heavy (non-hydrogen) atoms. The van der Waals surface area contributed by atoms with E-state index in [0.29, 0.717) is 33.6 Å². The van der Waals surface area contributed by atoms with E-state index in [0.717, 1.165) is 0 Å². The smallest absolute Gasteiger partial charge is 0.329 e. The zero-order valence-corrected chi connectivity index (χ0v) is 62.7. The number of hydrogen-bond acceptors (Lipinski definition) is 19. The lowest BCUT2D eigenvalue weighted by Gasteiger charge is -2.35. The summed E-state index contributed by atoms with van der Waals surface area (Å²) in [4.78, 5) is 157. The lowest BCUT2D eigenvalue weighted by molar-refractivity contribution is -0.171. The number of nitrogens with one attached hydrogen (secondary N) is 4. The van der Waals surface area contributed by atoms with Crippen molar-refractivity contribution in [1.82, 2.24) is 30.2 Å². The van der Waals surface area contributed by atoms with E-state index in [1.807, 2.05) is 55.4 Å². The maximum atomic E-state index is 15.2. The number of amides is 6. The van der Waals surface area contributed by atoms with E-state index in [1.54, 1.807) is 111 Å². The van der Waals surface area contributed by atoms with Crippen molar-refractivity contribution in [2.24, 2.45) is 23.7 Å². The molecule has 0 aromatic heterocycles. The number of rotatable bonds is 22. The first-order valence-corrected chi connectivity index (χ1v) is 34.9. The number of esters is 4. The Hall–Kier alpha value is -9.23. The summed E-state index contributed by atoms with van der Waals surface area (Å²) in [5, 5.41) is 30.6. The highest BCUT2D eigenvalue weighted by Crippen LogP contribution is 2.26. The molecule has 1 aliphatic rings. The van der Waals surface area contributed by atoms with Crippen LogP contribution in [0.3, 0.4) is 0 Å². The van der Waals surface area contributed by atoms with Crippen LogP contribution in [0.4, 0.5) is 11.4 Å². The number of nitrogens with zero attached hydrogens (tertiary/aromatic N) is 4. The molecule has 0 radical (unpaired) electrons. The lowest BCUT2D eigenvalue weighted by Crippen LogP contribution is -2.53. The molecule has 1 heterocycles. The number of cyclic esters (lactones) is 4. The van der Waals surface area contributed by atoms with E-state index in [4.69, 9.17) is 18.9 Å². The van der Waals surface area contributed by atoms with Gasteiger partial charge in [-0.05, 0) is 162 Å². The van der Waals surface area contributed by atoms with Gasteiger partial charge in [0.1, 0.15) is 65.7 Å². The molecule has 0 saturated carbocycles. The Bertz CT molecular complexity index is 3210. The molecule has 6 amide bonds.